The van der Waals surface area contributed by atoms with Crippen molar-refractivity contribution in [2.45, 2.75) is 13.3 Å². The number of phenolic OH excluding ortho intramolecular Hbond substituents is 1. The maximum atomic E-state index is 10.7. The summed E-state index contributed by atoms with van der Waals surface area (Å²) >= 11 is 7.10. The normalized spacial score (nSPS) is 10.9. The molecular weight excluding hydrogens is 258 g/mol. The molecule has 5 heteroatoms. The van der Waals surface area contributed by atoms with E-state index < -0.39 is 0 Å². The monoisotopic (exact) mass is 271 g/mol. The number of carbonyl (C=O) groups excluding carboxylic acids is 1. The molecule has 0 aliphatic heterocycles. The van der Waals surface area contributed by atoms with Gasteiger partial charge in [-0.25, -0.2) is 0 Å². The Morgan fingerprint density at radius 1 is 1.59 bits per heavy atom. The number of benzene rings is 1. The lowest BCUT2D eigenvalue weighted by Crippen LogP contribution is -1.88. The zero-order valence-electron chi connectivity index (χ0n) is 9.44. The smallest absolute Gasteiger partial charge is 0.185 e. The Hall–Kier alpha value is -1.13. The lowest BCUT2D eigenvalue weighted by molar-refractivity contribution is -0.109. The number of thioether (sulfide) groups is 1. The maximum Gasteiger partial charge on any atom is 0.185 e. The number of aromatic hydroxyl groups is 1. The van der Waals surface area contributed by atoms with E-state index in [-0.39, 0.29) is 16.6 Å². The van der Waals surface area contributed by atoms with E-state index in [0.717, 1.165) is 12.2 Å². The van der Waals surface area contributed by atoms with Gasteiger partial charge in [-0.1, -0.05) is 35.5 Å². The number of nitrogen functional groups attached to an aromatic ring is 1. The van der Waals surface area contributed by atoms with Crippen molar-refractivity contribution in [3.63, 3.8) is 0 Å². The third kappa shape index (κ3) is 4.71. The third-order valence-electron chi connectivity index (χ3n) is 2.02. The van der Waals surface area contributed by atoms with E-state index >= 15 is 0 Å². The molecule has 1 aromatic rings. The predicted molar refractivity (Wildman–Crippen MR) is 74.3 cm³/mol. The zero-order chi connectivity index (χ0) is 12.8. The summed E-state index contributed by atoms with van der Waals surface area (Å²) in [6, 6.07) is 3.14. The highest BCUT2D eigenvalue weighted by Gasteiger charge is 2.03. The van der Waals surface area contributed by atoms with Crippen LogP contribution < -0.4 is 5.73 Å². The molecular formula is C12H14ClNO2S. The highest BCUT2D eigenvalue weighted by molar-refractivity contribution is 8.13. The Bertz CT molecular complexity index is 446. The molecule has 0 amide bonds. The van der Waals surface area contributed by atoms with Crippen molar-refractivity contribution in [1.29, 1.82) is 0 Å². The van der Waals surface area contributed by atoms with E-state index in [1.165, 1.54) is 24.8 Å². The number of allylic oxidation sites excluding steroid dienone is 1. The average Bonchev–Trinajstić information content (AvgIpc) is 2.23. The Kier molecular flexibility index (Phi) is 5.38. The van der Waals surface area contributed by atoms with Crippen LogP contribution in [0.2, 0.25) is 5.02 Å². The van der Waals surface area contributed by atoms with Gasteiger partial charge in [0.25, 0.3) is 0 Å². The quantitative estimate of drug-likeness (QED) is 0.501. The van der Waals surface area contributed by atoms with Crippen LogP contribution in [-0.2, 0) is 4.79 Å². The van der Waals surface area contributed by atoms with Crippen LogP contribution in [-0.4, -0.2) is 16.0 Å². The van der Waals surface area contributed by atoms with Crippen LogP contribution >= 0.6 is 23.4 Å². The number of rotatable bonds is 4. The standard InChI is InChI=1S/C12H14ClNO2S/c1-8(15)17-5-3-2-4-9-6-10(13)7-11(14)12(9)16/h2,4,6-7,16H,3,5,14H2,1H3. The van der Waals surface area contributed by atoms with Crippen molar-refractivity contribution >= 4 is 40.2 Å². The van der Waals surface area contributed by atoms with Gasteiger partial charge in [-0.3, -0.25) is 4.79 Å². The van der Waals surface area contributed by atoms with Crippen molar-refractivity contribution in [2.75, 3.05) is 11.5 Å². The summed E-state index contributed by atoms with van der Waals surface area (Å²) in [5.74, 6) is 0.757. The number of anilines is 1. The average molecular weight is 272 g/mol. The topological polar surface area (TPSA) is 63.3 Å². The first-order valence-corrected chi connectivity index (χ1v) is 6.45. The van der Waals surface area contributed by atoms with Crippen LogP contribution in [0.4, 0.5) is 5.69 Å². The first kappa shape index (κ1) is 13.9. The lowest BCUT2D eigenvalue weighted by Gasteiger charge is -2.03. The van der Waals surface area contributed by atoms with Gasteiger partial charge in [0.2, 0.25) is 0 Å². The second kappa shape index (κ2) is 6.57. The fraction of sp³-hybridized carbons (Fsp3) is 0.250. The van der Waals surface area contributed by atoms with Gasteiger partial charge in [0.15, 0.2) is 5.12 Å². The van der Waals surface area contributed by atoms with Crippen molar-refractivity contribution in [3.05, 3.63) is 28.8 Å². The molecule has 0 heterocycles. The molecule has 1 aromatic carbocycles. The van der Waals surface area contributed by atoms with Gasteiger partial charge in [-0.15, -0.1) is 0 Å². The molecule has 3 nitrogen and oxygen atoms in total. The Morgan fingerprint density at radius 2 is 2.29 bits per heavy atom. The molecule has 17 heavy (non-hydrogen) atoms. The Balaban J connectivity index is 2.62. The SMILES string of the molecule is CC(=O)SCCC=Cc1cc(Cl)cc(N)c1O. The predicted octanol–water partition coefficient (Wildman–Crippen LogP) is 3.31. The van der Waals surface area contributed by atoms with Crippen LogP contribution in [0, 0.1) is 0 Å². The van der Waals surface area contributed by atoms with Gasteiger partial charge in [-0.05, 0) is 18.6 Å². The van der Waals surface area contributed by atoms with Gasteiger partial charge < -0.3 is 10.8 Å². The molecule has 92 valence electrons. The van der Waals surface area contributed by atoms with Crippen LogP contribution in [0.1, 0.15) is 18.9 Å². The number of nitrogens with two attached hydrogens (primary N) is 1. The molecule has 3 N–H and O–H groups in total. The van der Waals surface area contributed by atoms with Crippen LogP contribution in [0.25, 0.3) is 6.08 Å². The molecule has 0 aliphatic carbocycles. The van der Waals surface area contributed by atoms with Crippen molar-refractivity contribution in [3.8, 4) is 5.75 Å². The van der Waals surface area contributed by atoms with Crippen LogP contribution in [0.15, 0.2) is 18.2 Å². The highest BCUT2D eigenvalue weighted by atomic mass is 35.5. The number of hydrogen-bond acceptors (Lipinski definition) is 4. The largest absolute Gasteiger partial charge is 0.505 e. The van der Waals surface area contributed by atoms with Crippen molar-refractivity contribution in [2.24, 2.45) is 0 Å². The second-order valence-electron chi connectivity index (χ2n) is 3.46. The van der Waals surface area contributed by atoms with E-state index in [1.807, 2.05) is 6.08 Å². The van der Waals surface area contributed by atoms with Gasteiger partial charge in [0, 0.05) is 23.3 Å². The highest BCUT2D eigenvalue weighted by Crippen LogP contribution is 2.30. The third-order valence-corrected chi connectivity index (χ3v) is 3.09. The van der Waals surface area contributed by atoms with Gasteiger partial charge in [0.05, 0.1) is 5.69 Å². The molecule has 0 aliphatic rings. The molecule has 0 radical (unpaired) electrons. The van der Waals surface area contributed by atoms with E-state index in [4.69, 9.17) is 17.3 Å². The lowest BCUT2D eigenvalue weighted by atomic mass is 10.1. The molecule has 0 atom stereocenters. The van der Waals surface area contributed by atoms with Gasteiger partial charge in [0.1, 0.15) is 5.75 Å². The molecule has 0 spiro atoms. The first-order chi connectivity index (χ1) is 8.00. The summed E-state index contributed by atoms with van der Waals surface area (Å²) in [7, 11) is 0. The van der Waals surface area contributed by atoms with E-state index in [9.17, 15) is 9.90 Å². The molecule has 0 unspecified atom stereocenters. The summed E-state index contributed by atoms with van der Waals surface area (Å²) in [4.78, 5) is 10.7. The first-order valence-electron chi connectivity index (χ1n) is 5.08. The summed E-state index contributed by atoms with van der Waals surface area (Å²) < 4.78 is 0. The fourth-order valence-corrected chi connectivity index (χ4v) is 2.03. The van der Waals surface area contributed by atoms with Gasteiger partial charge >= 0.3 is 0 Å². The summed E-state index contributed by atoms with van der Waals surface area (Å²) in [6.07, 6.45) is 4.37. The molecule has 0 bridgehead atoms. The van der Waals surface area contributed by atoms with Crippen LogP contribution in [0.5, 0.6) is 5.75 Å². The van der Waals surface area contributed by atoms with Crippen LogP contribution in [0.3, 0.4) is 0 Å². The van der Waals surface area contributed by atoms with E-state index in [0.29, 0.717) is 10.6 Å². The summed E-state index contributed by atoms with van der Waals surface area (Å²) in [5.41, 5.74) is 6.42. The minimum atomic E-state index is 0.0323. The number of carbonyl (C=O) groups is 1. The minimum Gasteiger partial charge on any atom is -0.505 e. The molecule has 1 rings (SSSR count). The Labute approximate surface area is 110 Å². The molecule has 0 aromatic heterocycles. The van der Waals surface area contributed by atoms with Gasteiger partial charge in [-0.2, -0.15) is 0 Å². The minimum absolute atomic E-state index is 0.0323. The summed E-state index contributed by atoms with van der Waals surface area (Å²) in [5, 5.41) is 10.3. The summed E-state index contributed by atoms with van der Waals surface area (Å²) in [6.45, 7) is 1.54. The fourth-order valence-electron chi connectivity index (χ4n) is 1.25. The number of halogens is 1. The molecule has 0 fully saturated rings. The molecule has 0 saturated heterocycles. The second-order valence-corrected chi connectivity index (χ2v) is 5.17. The zero-order valence-corrected chi connectivity index (χ0v) is 11.0. The van der Waals surface area contributed by atoms with E-state index in [1.54, 1.807) is 12.1 Å². The Morgan fingerprint density at radius 3 is 2.94 bits per heavy atom. The maximum absolute atomic E-state index is 10.7. The number of hydrogen-bond donors (Lipinski definition) is 2. The number of phenols is 1. The van der Waals surface area contributed by atoms with Crippen molar-refractivity contribution < 1.29 is 9.90 Å². The molecule has 0 saturated carbocycles. The van der Waals surface area contributed by atoms with Crippen molar-refractivity contribution in [1.82, 2.24) is 0 Å². The van der Waals surface area contributed by atoms with E-state index in [2.05, 4.69) is 0 Å².